The monoisotopic (exact) mass is 602 g/mol. The molecular weight excluding hydrogens is 568 g/mol. The molecule has 4 heterocycles. The molecule has 0 aliphatic carbocycles. The van der Waals surface area contributed by atoms with Crippen LogP contribution in [0.5, 0.6) is 23.0 Å². The average Bonchev–Trinajstić information content (AvgIpc) is 3.34. The molecule has 2 atom stereocenters. The van der Waals surface area contributed by atoms with Crippen molar-refractivity contribution in [3.05, 3.63) is 59.7 Å². The summed E-state index contributed by atoms with van der Waals surface area (Å²) in [6.07, 6.45) is 1.97. The number of ether oxygens (including phenoxy) is 4. The lowest BCUT2D eigenvalue weighted by Gasteiger charge is -2.33. The van der Waals surface area contributed by atoms with Gasteiger partial charge in [0.25, 0.3) is 11.8 Å². The van der Waals surface area contributed by atoms with E-state index in [1.165, 1.54) is 19.1 Å². The summed E-state index contributed by atoms with van der Waals surface area (Å²) in [5.41, 5.74) is 3.16. The van der Waals surface area contributed by atoms with Gasteiger partial charge in [0.05, 0.1) is 49.9 Å². The van der Waals surface area contributed by atoms with Crippen LogP contribution in [0.25, 0.3) is 0 Å². The van der Waals surface area contributed by atoms with Crippen molar-refractivity contribution in [1.82, 2.24) is 9.80 Å². The number of amides is 4. The van der Waals surface area contributed by atoms with E-state index in [1.807, 2.05) is 0 Å². The van der Waals surface area contributed by atoms with Gasteiger partial charge in [-0.25, -0.2) is 0 Å². The van der Waals surface area contributed by atoms with E-state index in [0.717, 1.165) is 11.1 Å². The highest BCUT2D eigenvalue weighted by Gasteiger charge is 2.41. The number of benzene rings is 2. The third-order valence-electron chi connectivity index (χ3n) is 8.33. The predicted molar refractivity (Wildman–Crippen MR) is 161 cm³/mol. The van der Waals surface area contributed by atoms with Gasteiger partial charge in [-0.2, -0.15) is 0 Å². The van der Waals surface area contributed by atoms with E-state index in [9.17, 15) is 19.2 Å². The van der Waals surface area contributed by atoms with Gasteiger partial charge in [0.1, 0.15) is 12.1 Å². The Labute approximate surface area is 254 Å². The lowest BCUT2D eigenvalue weighted by Crippen LogP contribution is -2.48. The average molecular weight is 603 g/mol. The number of hydrogen-bond acceptors (Lipinski definition) is 8. The van der Waals surface area contributed by atoms with Crippen LogP contribution in [-0.4, -0.2) is 86.0 Å². The lowest BCUT2D eigenvalue weighted by atomic mass is 9.97. The van der Waals surface area contributed by atoms with Crippen molar-refractivity contribution in [2.75, 3.05) is 51.2 Å². The summed E-state index contributed by atoms with van der Waals surface area (Å²) in [4.78, 5) is 55.5. The third-order valence-corrected chi connectivity index (χ3v) is 8.33. The van der Waals surface area contributed by atoms with E-state index in [4.69, 9.17) is 18.9 Å². The van der Waals surface area contributed by atoms with Gasteiger partial charge in [-0.15, -0.1) is 0 Å². The van der Waals surface area contributed by atoms with Crippen molar-refractivity contribution in [3.63, 3.8) is 0 Å². The number of nitrogens with zero attached hydrogens (tertiary/aromatic N) is 2. The summed E-state index contributed by atoms with van der Waals surface area (Å²) >= 11 is 0. The number of carbonyl (C=O) groups excluding carboxylic acids is 4. The molecule has 2 aromatic carbocycles. The van der Waals surface area contributed by atoms with Crippen LogP contribution in [0.1, 0.15) is 46.4 Å². The maximum absolute atomic E-state index is 13.3. The molecule has 2 unspecified atom stereocenters. The molecule has 4 amide bonds. The Kier molecular flexibility index (Phi) is 7.66. The Morgan fingerprint density at radius 2 is 1.23 bits per heavy atom. The first-order valence-electron chi connectivity index (χ1n) is 14.4. The molecule has 12 nitrogen and oxygen atoms in total. The van der Waals surface area contributed by atoms with Crippen LogP contribution in [0.15, 0.2) is 48.6 Å². The summed E-state index contributed by atoms with van der Waals surface area (Å²) in [7, 11) is 2.97. The fourth-order valence-corrected chi connectivity index (χ4v) is 6.03. The Morgan fingerprint density at radius 1 is 0.727 bits per heavy atom. The zero-order valence-corrected chi connectivity index (χ0v) is 24.7. The Balaban J connectivity index is 1.12. The normalized spacial score (nSPS) is 20.9. The van der Waals surface area contributed by atoms with Gasteiger partial charge in [0.2, 0.25) is 11.8 Å². The van der Waals surface area contributed by atoms with E-state index < -0.39 is 12.1 Å². The highest BCUT2D eigenvalue weighted by molar-refractivity contribution is 6.11. The second-order valence-corrected chi connectivity index (χ2v) is 11.2. The van der Waals surface area contributed by atoms with Crippen molar-refractivity contribution in [2.24, 2.45) is 0 Å². The number of rotatable bonds is 8. The van der Waals surface area contributed by atoms with Crippen LogP contribution in [0.2, 0.25) is 0 Å². The zero-order valence-electron chi connectivity index (χ0n) is 24.7. The second-order valence-electron chi connectivity index (χ2n) is 11.2. The minimum Gasteiger partial charge on any atom is -0.493 e. The van der Waals surface area contributed by atoms with Crippen molar-refractivity contribution in [1.29, 1.82) is 0 Å². The fraction of sp³-hybridized carbons (Fsp3) is 0.375. The molecule has 230 valence electrons. The minimum atomic E-state index is -0.600. The standard InChI is InChI=1S/C32H34N4O8/c1-17-6-7-35-23(10-17)29(37)33-21-14-27(25(41-3)12-19(21)31(35)39)43-8-5-9-44-28-15-22-20(13-26(28)42-4)32(40)36-16-18(2)11-24(36)30(38)34-22/h12-15,23-24H,1-2,5-11,16H2,3-4H3,(H,33,37)(H,34,38). The molecule has 2 aromatic rings. The molecule has 0 spiro atoms. The van der Waals surface area contributed by atoms with Gasteiger partial charge in [0, 0.05) is 31.6 Å². The number of nitrogens with one attached hydrogen (secondary N) is 2. The van der Waals surface area contributed by atoms with Crippen LogP contribution in [0.4, 0.5) is 11.4 Å². The molecule has 0 bridgehead atoms. The predicted octanol–water partition coefficient (Wildman–Crippen LogP) is 3.39. The van der Waals surface area contributed by atoms with Gasteiger partial charge >= 0.3 is 0 Å². The third kappa shape index (κ3) is 5.20. The molecule has 4 aliphatic rings. The fourth-order valence-electron chi connectivity index (χ4n) is 6.03. The molecule has 0 aromatic heterocycles. The number of hydrogen-bond donors (Lipinski definition) is 2. The lowest BCUT2D eigenvalue weighted by molar-refractivity contribution is -0.121. The SMILES string of the molecule is C=C1CCN2C(=O)c3cc(OC)c(OCCCOc4cc5c(cc4OC)C(=O)N4CC(=C)CC4C(=O)N5)cc3NC(=O)C2C1. The van der Waals surface area contributed by atoms with Crippen LogP contribution in [0.3, 0.4) is 0 Å². The Bertz CT molecular complexity index is 1600. The van der Waals surface area contributed by atoms with Crippen LogP contribution >= 0.6 is 0 Å². The van der Waals surface area contributed by atoms with E-state index in [-0.39, 0.29) is 36.8 Å². The van der Waals surface area contributed by atoms with Gasteiger partial charge < -0.3 is 39.4 Å². The van der Waals surface area contributed by atoms with E-state index >= 15 is 0 Å². The minimum absolute atomic E-state index is 0.231. The van der Waals surface area contributed by atoms with E-state index in [2.05, 4.69) is 23.8 Å². The highest BCUT2D eigenvalue weighted by atomic mass is 16.5. The smallest absolute Gasteiger partial charge is 0.257 e. The maximum atomic E-state index is 13.3. The molecule has 6 rings (SSSR count). The van der Waals surface area contributed by atoms with Gasteiger partial charge in [0.15, 0.2) is 23.0 Å². The summed E-state index contributed by atoms with van der Waals surface area (Å²) in [6.45, 7) is 9.16. The Morgan fingerprint density at radius 3 is 1.77 bits per heavy atom. The van der Waals surface area contributed by atoms with E-state index in [1.54, 1.807) is 29.2 Å². The summed E-state index contributed by atoms with van der Waals surface area (Å²) < 4.78 is 23.0. The zero-order chi connectivity index (χ0) is 31.1. The van der Waals surface area contributed by atoms with Crippen molar-refractivity contribution in [2.45, 2.75) is 37.8 Å². The molecule has 2 N–H and O–H groups in total. The highest BCUT2D eigenvalue weighted by Crippen LogP contribution is 2.39. The van der Waals surface area contributed by atoms with Crippen molar-refractivity contribution in [3.8, 4) is 23.0 Å². The molecule has 0 saturated carbocycles. The maximum Gasteiger partial charge on any atom is 0.257 e. The molecular formula is C32H34N4O8. The number of methoxy groups -OCH3 is 2. The van der Waals surface area contributed by atoms with E-state index in [0.29, 0.717) is 84.3 Å². The largest absolute Gasteiger partial charge is 0.493 e. The van der Waals surface area contributed by atoms with Gasteiger partial charge in [-0.05, 0) is 31.4 Å². The number of piperidine rings is 1. The summed E-state index contributed by atoms with van der Waals surface area (Å²) in [5, 5.41) is 5.72. The first kappa shape index (κ1) is 29.1. The molecule has 0 radical (unpaired) electrons. The van der Waals surface area contributed by atoms with Crippen molar-refractivity contribution < 1.29 is 38.1 Å². The van der Waals surface area contributed by atoms with Crippen LogP contribution in [0, 0.1) is 0 Å². The number of anilines is 2. The first-order chi connectivity index (χ1) is 21.2. The molecule has 12 heteroatoms. The number of carbonyl (C=O) groups is 4. The van der Waals surface area contributed by atoms with Crippen LogP contribution < -0.4 is 29.6 Å². The molecule has 4 aliphatic heterocycles. The quantitative estimate of drug-likeness (QED) is 0.347. The van der Waals surface area contributed by atoms with Crippen molar-refractivity contribution >= 4 is 35.0 Å². The van der Waals surface area contributed by atoms with Crippen LogP contribution in [-0.2, 0) is 9.59 Å². The second kappa shape index (κ2) is 11.6. The van der Waals surface area contributed by atoms with Gasteiger partial charge in [-0.3, -0.25) is 19.2 Å². The number of fused-ring (bicyclic) bond motifs is 4. The summed E-state index contributed by atoms with van der Waals surface area (Å²) in [5.74, 6) is 0.418. The molecule has 2 saturated heterocycles. The molecule has 2 fully saturated rings. The topological polar surface area (TPSA) is 136 Å². The Hall–Kier alpha value is -5.00. The summed E-state index contributed by atoms with van der Waals surface area (Å²) in [6, 6.07) is 5.18. The van der Waals surface area contributed by atoms with Gasteiger partial charge in [-0.1, -0.05) is 24.3 Å². The molecule has 44 heavy (non-hydrogen) atoms. The first-order valence-corrected chi connectivity index (χ1v) is 14.4.